The largest absolute Gasteiger partial charge is 0.363 e. The number of pyridine rings is 1. The minimum Gasteiger partial charge on any atom is -0.363 e. The van der Waals surface area contributed by atoms with Gasteiger partial charge < -0.3 is 5.11 Å². The lowest BCUT2D eigenvalue weighted by Gasteiger charge is -2.13. The molecule has 0 unspecified atom stereocenters. The molecule has 1 aromatic heterocycles. The second-order valence-corrected chi connectivity index (χ2v) is 2.24. The summed E-state index contributed by atoms with van der Waals surface area (Å²) in [5.41, 5.74) is -1.19. The van der Waals surface area contributed by atoms with Crippen LogP contribution in [-0.2, 0) is 5.60 Å². The van der Waals surface area contributed by atoms with Crippen molar-refractivity contribution in [3.63, 3.8) is 0 Å². The van der Waals surface area contributed by atoms with Crippen molar-refractivity contribution in [3.8, 4) is 24.7 Å². The van der Waals surface area contributed by atoms with Crippen LogP contribution in [0.4, 0.5) is 0 Å². The third kappa shape index (κ3) is 1.29. The molecule has 0 atom stereocenters. The number of rotatable bonds is 1. The Kier molecular flexibility index (Phi) is 2.14. The van der Waals surface area contributed by atoms with Crippen LogP contribution in [0, 0.1) is 24.7 Å². The summed E-state index contributed by atoms with van der Waals surface area (Å²) >= 11 is 0. The molecule has 1 N–H and O–H groups in total. The van der Waals surface area contributed by atoms with Gasteiger partial charge in [-0.3, -0.25) is 4.98 Å². The number of terminal acetylenes is 2. The predicted molar refractivity (Wildman–Crippen MR) is 45.8 cm³/mol. The van der Waals surface area contributed by atoms with Crippen molar-refractivity contribution in [3.05, 3.63) is 30.1 Å². The van der Waals surface area contributed by atoms with Crippen LogP contribution in [0.15, 0.2) is 24.5 Å². The van der Waals surface area contributed by atoms with Crippen molar-refractivity contribution >= 4 is 0 Å². The summed E-state index contributed by atoms with van der Waals surface area (Å²) in [5, 5.41) is 9.59. The average Bonchev–Trinajstić information content (AvgIpc) is 2.18. The highest BCUT2D eigenvalue weighted by Gasteiger charge is 2.22. The molecule has 0 aliphatic heterocycles. The van der Waals surface area contributed by atoms with Gasteiger partial charge in [0, 0.05) is 18.0 Å². The Balaban J connectivity index is 3.17. The molecule has 0 saturated heterocycles. The van der Waals surface area contributed by atoms with E-state index in [0.717, 1.165) is 0 Å². The first kappa shape index (κ1) is 8.33. The molecule has 0 fully saturated rings. The van der Waals surface area contributed by atoms with Crippen molar-refractivity contribution in [2.24, 2.45) is 0 Å². The Morgan fingerprint density at radius 1 is 1.42 bits per heavy atom. The number of nitrogens with zero attached hydrogens (tertiary/aromatic N) is 1. The van der Waals surface area contributed by atoms with E-state index in [9.17, 15) is 5.11 Å². The minimum atomic E-state index is -1.63. The zero-order chi connectivity index (χ0) is 9.03. The van der Waals surface area contributed by atoms with Crippen LogP contribution in [-0.4, -0.2) is 10.1 Å². The number of aliphatic hydroxyl groups is 1. The van der Waals surface area contributed by atoms with Gasteiger partial charge >= 0.3 is 0 Å². The third-order valence-electron chi connectivity index (χ3n) is 1.50. The molecule has 0 bridgehead atoms. The molecule has 2 heteroatoms. The van der Waals surface area contributed by atoms with Crippen LogP contribution >= 0.6 is 0 Å². The van der Waals surface area contributed by atoms with Gasteiger partial charge in [0.25, 0.3) is 0 Å². The highest BCUT2D eigenvalue weighted by atomic mass is 16.3. The lowest BCUT2D eigenvalue weighted by molar-refractivity contribution is 0.164. The van der Waals surface area contributed by atoms with E-state index in [0.29, 0.717) is 5.56 Å². The smallest absolute Gasteiger partial charge is 0.215 e. The summed E-state index contributed by atoms with van der Waals surface area (Å²) in [7, 11) is 0. The van der Waals surface area contributed by atoms with Gasteiger partial charge in [-0.05, 0) is 6.07 Å². The standard InChI is InChI=1S/C10H7NO/c1-3-10(12,4-2)9-6-5-7-11-8-9/h1-2,5-8,12H. The van der Waals surface area contributed by atoms with Crippen molar-refractivity contribution < 1.29 is 5.11 Å². The molecule has 2 nitrogen and oxygen atoms in total. The lowest BCUT2D eigenvalue weighted by atomic mass is 9.98. The second kappa shape index (κ2) is 3.09. The predicted octanol–water partition coefficient (Wildman–Crippen LogP) is 0.536. The van der Waals surface area contributed by atoms with Gasteiger partial charge in [-0.25, -0.2) is 0 Å². The monoisotopic (exact) mass is 157 g/mol. The van der Waals surface area contributed by atoms with Gasteiger partial charge in [-0.2, -0.15) is 0 Å². The molecule has 0 aliphatic rings. The molecule has 0 aliphatic carbocycles. The maximum Gasteiger partial charge on any atom is 0.215 e. The first-order chi connectivity index (χ1) is 5.73. The van der Waals surface area contributed by atoms with E-state index >= 15 is 0 Å². The Bertz CT molecular complexity index is 328. The normalized spacial score (nSPS) is 9.92. The summed E-state index contributed by atoms with van der Waals surface area (Å²) in [6, 6.07) is 3.29. The Morgan fingerprint density at radius 3 is 2.50 bits per heavy atom. The van der Waals surface area contributed by atoms with Gasteiger partial charge in [-0.15, -0.1) is 12.8 Å². The zero-order valence-electron chi connectivity index (χ0n) is 6.36. The summed E-state index contributed by atoms with van der Waals surface area (Å²) in [5.74, 6) is 4.25. The van der Waals surface area contributed by atoms with E-state index in [1.807, 2.05) is 0 Å². The topological polar surface area (TPSA) is 33.1 Å². The Morgan fingerprint density at radius 2 is 2.08 bits per heavy atom. The number of hydrogen-bond acceptors (Lipinski definition) is 2. The van der Waals surface area contributed by atoms with Crippen LogP contribution in [0.25, 0.3) is 0 Å². The quantitative estimate of drug-likeness (QED) is 0.603. The molecule has 12 heavy (non-hydrogen) atoms. The fourth-order valence-corrected chi connectivity index (χ4v) is 0.785. The molecule has 58 valence electrons. The SMILES string of the molecule is C#CC(O)(C#C)c1cccnc1. The van der Waals surface area contributed by atoms with Gasteiger partial charge in [0.15, 0.2) is 0 Å². The first-order valence-electron chi connectivity index (χ1n) is 3.31. The molecule has 0 spiro atoms. The fourth-order valence-electron chi connectivity index (χ4n) is 0.785. The Labute approximate surface area is 71.3 Å². The van der Waals surface area contributed by atoms with E-state index in [1.165, 1.54) is 6.20 Å². The maximum absolute atomic E-state index is 9.59. The first-order valence-corrected chi connectivity index (χ1v) is 3.31. The van der Waals surface area contributed by atoms with Crippen molar-refractivity contribution in [1.82, 2.24) is 4.98 Å². The summed E-state index contributed by atoms with van der Waals surface area (Å²) < 4.78 is 0. The fraction of sp³-hybridized carbons (Fsp3) is 0.100. The van der Waals surface area contributed by atoms with Gasteiger partial charge in [0.1, 0.15) is 0 Å². The zero-order valence-corrected chi connectivity index (χ0v) is 6.36. The summed E-state index contributed by atoms with van der Waals surface area (Å²) in [6.45, 7) is 0. The minimum absolute atomic E-state index is 0.440. The molecular formula is C10H7NO. The number of hydrogen-bond donors (Lipinski definition) is 1. The van der Waals surface area contributed by atoms with Crippen LogP contribution in [0.1, 0.15) is 5.56 Å². The van der Waals surface area contributed by atoms with Crippen molar-refractivity contribution in [2.45, 2.75) is 5.60 Å². The highest BCUT2D eigenvalue weighted by Crippen LogP contribution is 2.17. The average molecular weight is 157 g/mol. The van der Waals surface area contributed by atoms with E-state index in [-0.39, 0.29) is 0 Å². The van der Waals surface area contributed by atoms with Crippen LogP contribution < -0.4 is 0 Å². The van der Waals surface area contributed by atoms with Crippen molar-refractivity contribution in [1.29, 1.82) is 0 Å². The highest BCUT2D eigenvalue weighted by molar-refractivity contribution is 5.37. The number of aromatic nitrogens is 1. The molecule has 1 aromatic rings. The molecule has 0 aromatic carbocycles. The van der Waals surface area contributed by atoms with E-state index < -0.39 is 5.60 Å². The van der Waals surface area contributed by atoms with Gasteiger partial charge in [-0.1, -0.05) is 17.9 Å². The third-order valence-corrected chi connectivity index (χ3v) is 1.50. The van der Waals surface area contributed by atoms with E-state index in [2.05, 4.69) is 16.8 Å². The van der Waals surface area contributed by atoms with E-state index in [1.54, 1.807) is 18.3 Å². The van der Waals surface area contributed by atoms with Gasteiger partial charge in [0.2, 0.25) is 5.60 Å². The second-order valence-electron chi connectivity index (χ2n) is 2.24. The molecule has 0 saturated carbocycles. The molecule has 1 heterocycles. The molecule has 1 rings (SSSR count). The summed E-state index contributed by atoms with van der Waals surface area (Å²) in [6.07, 6.45) is 13.2. The molecule has 0 amide bonds. The lowest BCUT2D eigenvalue weighted by Crippen LogP contribution is -2.20. The maximum atomic E-state index is 9.59. The van der Waals surface area contributed by atoms with Crippen LogP contribution in [0.3, 0.4) is 0 Å². The molecular weight excluding hydrogens is 150 g/mol. The molecule has 0 radical (unpaired) electrons. The van der Waals surface area contributed by atoms with Crippen LogP contribution in [0.5, 0.6) is 0 Å². The van der Waals surface area contributed by atoms with Crippen LogP contribution in [0.2, 0.25) is 0 Å². The summed E-state index contributed by atoms with van der Waals surface area (Å²) in [4.78, 5) is 3.80. The van der Waals surface area contributed by atoms with E-state index in [4.69, 9.17) is 12.8 Å². The van der Waals surface area contributed by atoms with Crippen molar-refractivity contribution in [2.75, 3.05) is 0 Å². The Hall–Kier alpha value is -1.77. The van der Waals surface area contributed by atoms with Gasteiger partial charge in [0.05, 0.1) is 0 Å².